The topological polar surface area (TPSA) is 47.3 Å². The molecule has 3 nitrogen and oxygen atoms in total. The number of carbonyl (C=O) groups is 2. The van der Waals surface area contributed by atoms with Gasteiger partial charge in [0.25, 0.3) is 0 Å². The second-order valence-corrected chi connectivity index (χ2v) is 3.78. The van der Waals surface area contributed by atoms with Crippen LogP contribution in [-0.2, 0) is 0 Å². The van der Waals surface area contributed by atoms with E-state index in [-0.39, 0.29) is 18.0 Å². The van der Waals surface area contributed by atoms with Crippen LogP contribution in [0.5, 0.6) is 0 Å². The van der Waals surface area contributed by atoms with Crippen molar-refractivity contribution in [1.29, 1.82) is 0 Å². The van der Waals surface area contributed by atoms with Crippen LogP contribution >= 0.6 is 0 Å². The van der Waals surface area contributed by atoms with Crippen LogP contribution in [-0.4, -0.2) is 11.6 Å². The number of carbonyl (C=O) groups excluding carboxylic acids is 2. The summed E-state index contributed by atoms with van der Waals surface area (Å²) in [5.41, 5.74) is 1.04. The van der Waals surface area contributed by atoms with Gasteiger partial charge < -0.3 is 4.42 Å². The molecule has 1 aromatic heterocycles. The highest BCUT2D eigenvalue weighted by molar-refractivity contribution is 6.13. The quantitative estimate of drug-likeness (QED) is 0.597. The Balaban J connectivity index is 2.10. The molecule has 0 amide bonds. The molecule has 0 bridgehead atoms. The molecule has 0 N–H and O–H groups in total. The fourth-order valence-electron chi connectivity index (χ4n) is 1.64. The summed E-state index contributed by atoms with van der Waals surface area (Å²) in [6.07, 6.45) is 1.33. The van der Waals surface area contributed by atoms with Gasteiger partial charge in [-0.3, -0.25) is 9.59 Å². The van der Waals surface area contributed by atoms with Crippen molar-refractivity contribution in [2.45, 2.75) is 13.3 Å². The first-order chi connectivity index (χ1) is 8.18. The van der Waals surface area contributed by atoms with Crippen LogP contribution in [0.2, 0.25) is 0 Å². The fourth-order valence-corrected chi connectivity index (χ4v) is 1.64. The lowest BCUT2D eigenvalue weighted by molar-refractivity contribution is 0.0893. The molecule has 0 aliphatic heterocycles. The minimum Gasteiger partial charge on any atom is -0.469 e. The first kappa shape index (κ1) is 11.3. The minimum absolute atomic E-state index is 0.121. The average Bonchev–Trinajstić information content (AvgIpc) is 2.76. The van der Waals surface area contributed by atoms with E-state index in [1.165, 1.54) is 6.26 Å². The summed E-state index contributed by atoms with van der Waals surface area (Å²) in [5.74, 6) is 0.178. The highest BCUT2D eigenvalue weighted by Gasteiger charge is 2.16. The van der Waals surface area contributed by atoms with Crippen LogP contribution in [0.3, 0.4) is 0 Å². The van der Waals surface area contributed by atoms with E-state index in [2.05, 4.69) is 0 Å². The Hall–Kier alpha value is -2.16. The van der Waals surface area contributed by atoms with Crippen molar-refractivity contribution >= 4 is 11.6 Å². The van der Waals surface area contributed by atoms with E-state index in [0.29, 0.717) is 16.9 Å². The molecule has 0 atom stereocenters. The number of aryl methyl sites for hydroxylation is 1. The number of rotatable bonds is 4. The van der Waals surface area contributed by atoms with E-state index in [0.717, 1.165) is 0 Å². The van der Waals surface area contributed by atoms with Gasteiger partial charge in [-0.1, -0.05) is 30.3 Å². The van der Waals surface area contributed by atoms with Gasteiger partial charge >= 0.3 is 0 Å². The van der Waals surface area contributed by atoms with E-state index in [4.69, 9.17) is 4.42 Å². The largest absolute Gasteiger partial charge is 0.469 e. The third kappa shape index (κ3) is 2.50. The summed E-state index contributed by atoms with van der Waals surface area (Å²) in [4.78, 5) is 23.6. The Kier molecular flexibility index (Phi) is 3.19. The van der Waals surface area contributed by atoms with Crippen molar-refractivity contribution in [3.05, 3.63) is 59.5 Å². The molecule has 2 aromatic rings. The van der Waals surface area contributed by atoms with E-state index in [1.807, 2.05) is 6.07 Å². The van der Waals surface area contributed by atoms with E-state index < -0.39 is 0 Å². The second-order valence-electron chi connectivity index (χ2n) is 3.78. The number of ketones is 2. The van der Waals surface area contributed by atoms with Crippen molar-refractivity contribution in [3.8, 4) is 0 Å². The van der Waals surface area contributed by atoms with Gasteiger partial charge in [-0.05, 0) is 13.0 Å². The monoisotopic (exact) mass is 228 g/mol. The summed E-state index contributed by atoms with van der Waals surface area (Å²) in [7, 11) is 0. The molecule has 0 saturated heterocycles. The molecule has 0 saturated carbocycles. The van der Waals surface area contributed by atoms with Gasteiger partial charge in [0, 0.05) is 5.56 Å². The Labute approximate surface area is 99.1 Å². The molecule has 0 unspecified atom stereocenters. The predicted molar refractivity (Wildman–Crippen MR) is 63.2 cm³/mol. The lowest BCUT2D eigenvalue weighted by Crippen LogP contribution is -2.08. The molecular formula is C14H12O3. The van der Waals surface area contributed by atoms with E-state index in [9.17, 15) is 9.59 Å². The van der Waals surface area contributed by atoms with Crippen LogP contribution < -0.4 is 0 Å². The van der Waals surface area contributed by atoms with Crippen molar-refractivity contribution in [3.63, 3.8) is 0 Å². The van der Waals surface area contributed by atoms with Crippen molar-refractivity contribution in [2.24, 2.45) is 0 Å². The molecule has 2 rings (SSSR count). The normalized spacial score (nSPS) is 10.2. The molecule has 0 aliphatic rings. The molecule has 3 heteroatoms. The van der Waals surface area contributed by atoms with Gasteiger partial charge in [-0.2, -0.15) is 0 Å². The maximum absolute atomic E-state index is 11.8. The molecule has 0 spiro atoms. The smallest absolute Gasteiger partial charge is 0.174 e. The van der Waals surface area contributed by atoms with Crippen LogP contribution in [0.4, 0.5) is 0 Å². The first-order valence-corrected chi connectivity index (χ1v) is 5.34. The second kappa shape index (κ2) is 4.78. The standard InChI is InChI=1S/C14H12O3/c1-10-12(7-8-17-10)14(16)9-13(15)11-5-3-2-4-6-11/h2-8H,9H2,1H3. The number of hydrogen-bond acceptors (Lipinski definition) is 3. The summed E-state index contributed by atoms with van der Waals surface area (Å²) in [6, 6.07) is 10.4. The highest BCUT2D eigenvalue weighted by Crippen LogP contribution is 2.13. The van der Waals surface area contributed by atoms with Gasteiger partial charge in [0.1, 0.15) is 5.76 Å². The van der Waals surface area contributed by atoms with Gasteiger partial charge in [-0.25, -0.2) is 0 Å². The number of furan rings is 1. The molecule has 1 aromatic carbocycles. The maximum atomic E-state index is 11.8. The number of hydrogen-bond donors (Lipinski definition) is 0. The summed E-state index contributed by atoms with van der Waals surface area (Å²) in [6.45, 7) is 1.71. The van der Waals surface area contributed by atoms with Gasteiger partial charge in [0.15, 0.2) is 11.6 Å². The van der Waals surface area contributed by atoms with Crippen LogP contribution in [0.1, 0.15) is 32.9 Å². The van der Waals surface area contributed by atoms with Crippen molar-refractivity contribution in [2.75, 3.05) is 0 Å². The third-order valence-electron chi connectivity index (χ3n) is 2.58. The number of benzene rings is 1. The van der Waals surface area contributed by atoms with Gasteiger partial charge in [-0.15, -0.1) is 0 Å². The molecule has 0 aliphatic carbocycles. The highest BCUT2D eigenvalue weighted by atomic mass is 16.3. The third-order valence-corrected chi connectivity index (χ3v) is 2.58. The van der Waals surface area contributed by atoms with Gasteiger partial charge in [0.05, 0.1) is 18.2 Å². The Morgan fingerprint density at radius 2 is 1.76 bits per heavy atom. The molecular weight excluding hydrogens is 216 g/mol. The zero-order valence-corrected chi connectivity index (χ0v) is 9.47. The Morgan fingerprint density at radius 1 is 1.06 bits per heavy atom. The first-order valence-electron chi connectivity index (χ1n) is 5.34. The molecule has 86 valence electrons. The van der Waals surface area contributed by atoms with Crippen LogP contribution in [0.25, 0.3) is 0 Å². The van der Waals surface area contributed by atoms with Crippen molar-refractivity contribution < 1.29 is 14.0 Å². The Bertz CT molecular complexity index is 538. The zero-order chi connectivity index (χ0) is 12.3. The summed E-state index contributed by atoms with van der Waals surface area (Å²) in [5, 5.41) is 0. The lowest BCUT2D eigenvalue weighted by Gasteiger charge is -1.99. The van der Waals surface area contributed by atoms with E-state index >= 15 is 0 Å². The molecule has 1 heterocycles. The zero-order valence-electron chi connectivity index (χ0n) is 9.47. The molecule has 0 radical (unpaired) electrons. The molecule has 17 heavy (non-hydrogen) atoms. The minimum atomic E-state index is -0.204. The number of Topliss-reactive ketones (excluding diaryl/α,β-unsaturated/α-hetero) is 2. The van der Waals surface area contributed by atoms with Crippen molar-refractivity contribution in [1.82, 2.24) is 0 Å². The molecule has 0 fully saturated rings. The predicted octanol–water partition coefficient (Wildman–Crippen LogP) is 3.04. The maximum Gasteiger partial charge on any atom is 0.174 e. The van der Waals surface area contributed by atoms with Crippen LogP contribution in [0.15, 0.2) is 47.1 Å². The fraction of sp³-hybridized carbons (Fsp3) is 0.143. The van der Waals surface area contributed by atoms with Gasteiger partial charge in [0.2, 0.25) is 0 Å². The van der Waals surface area contributed by atoms with Crippen LogP contribution in [0, 0.1) is 6.92 Å². The van der Waals surface area contributed by atoms with E-state index in [1.54, 1.807) is 37.3 Å². The lowest BCUT2D eigenvalue weighted by atomic mass is 10.0. The summed E-state index contributed by atoms with van der Waals surface area (Å²) >= 11 is 0. The average molecular weight is 228 g/mol. The Morgan fingerprint density at radius 3 is 2.35 bits per heavy atom. The SMILES string of the molecule is Cc1occc1C(=O)CC(=O)c1ccccc1. The summed E-state index contributed by atoms with van der Waals surface area (Å²) < 4.78 is 5.04.